The lowest BCUT2D eigenvalue weighted by molar-refractivity contribution is 1.28. The third kappa shape index (κ3) is 2.44. The van der Waals surface area contributed by atoms with Crippen LogP contribution in [0.5, 0.6) is 0 Å². The van der Waals surface area contributed by atoms with E-state index in [-0.39, 0.29) is 0 Å². The number of aryl methyl sites for hydroxylation is 1. The van der Waals surface area contributed by atoms with Crippen LogP contribution in [0, 0.1) is 10.5 Å². The highest BCUT2D eigenvalue weighted by Crippen LogP contribution is 2.23. The summed E-state index contributed by atoms with van der Waals surface area (Å²) in [5, 5.41) is 3.21. The van der Waals surface area contributed by atoms with Crippen molar-refractivity contribution in [2.45, 2.75) is 6.92 Å². The van der Waals surface area contributed by atoms with Crippen LogP contribution in [0.3, 0.4) is 0 Å². The monoisotopic (exact) mass is 325 g/mol. The van der Waals surface area contributed by atoms with Gasteiger partial charge in [-0.25, -0.2) is 4.98 Å². The highest BCUT2D eigenvalue weighted by molar-refractivity contribution is 14.1. The highest BCUT2D eigenvalue weighted by atomic mass is 127. The lowest BCUT2D eigenvalue weighted by Crippen LogP contribution is -2.00. The first-order chi connectivity index (χ1) is 7.66. The number of benzene rings is 1. The van der Waals surface area contributed by atoms with Crippen molar-refractivity contribution in [3.05, 3.63) is 45.7 Å². The Bertz CT molecular complexity index is 511. The zero-order valence-corrected chi connectivity index (χ0v) is 11.0. The maximum absolute atomic E-state index is 5.94. The molecule has 0 saturated heterocycles. The third-order valence-electron chi connectivity index (χ3n) is 2.30. The molecule has 0 aliphatic heterocycles. The van der Waals surface area contributed by atoms with Gasteiger partial charge < -0.3 is 11.1 Å². The summed E-state index contributed by atoms with van der Waals surface area (Å²) in [6.07, 6.45) is 1.75. The SMILES string of the molecule is Cc1ccnc(Nc2cccc(I)c2)c1N. The van der Waals surface area contributed by atoms with Gasteiger partial charge in [0.15, 0.2) is 5.82 Å². The van der Waals surface area contributed by atoms with Crippen LogP contribution in [0.25, 0.3) is 0 Å². The van der Waals surface area contributed by atoms with E-state index >= 15 is 0 Å². The summed E-state index contributed by atoms with van der Waals surface area (Å²) in [7, 11) is 0. The normalized spacial score (nSPS) is 10.1. The Morgan fingerprint density at radius 3 is 2.88 bits per heavy atom. The fraction of sp³-hybridized carbons (Fsp3) is 0.0833. The first kappa shape index (κ1) is 11.2. The van der Waals surface area contributed by atoms with Crippen molar-refractivity contribution in [1.82, 2.24) is 4.98 Å². The molecule has 0 saturated carbocycles. The topological polar surface area (TPSA) is 50.9 Å². The Morgan fingerprint density at radius 1 is 1.31 bits per heavy atom. The van der Waals surface area contributed by atoms with Crippen molar-refractivity contribution in [3.8, 4) is 0 Å². The molecule has 0 unspecified atom stereocenters. The van der Waals surface area contributed by atoms with Gasteiger partial charge in [-0.05, 0) is 59.3 Å². The highest BCUT2D eigenvalue weighted by Gasteiger charge is 2.03. The Hall–Kier alpha value is -1.30. The average molecular weight is 325 g/mol. The molecule has 0 atom stereocenters. The number of nitrogens with one attached hydrogen (secondary N) is 1. The molecule has 1 aromatic carbocycles. The number of hydrogen-bond acceptors (Lipinski definition) is 3. The van der Waals surface area contributed by atoms with Gasteiger partial charge in [-0.3, -0.25) is 0 Å². The molecule has 0 aliphatic rings. The predicted octanol–water partition coefficient (Wildman–Crippen LogP) is 3.32. The summed E-state index contributed by atoms with van der Waals surface area (Å²) < 4.78 is 1.17. The molecule has 3 N–H and O–H groups in total. The number of nitrogen functional groups attached to an aromatic ring is 1. The Kier molecular flexibility index (Phi) is 3.28. The van der Waals surface area contributed by atoms with Crippen LogP contribution >= 0.6 is 22.6 Å². The van der Waals surface area contributed by atoms with Gasteiger partial charge in [-0.1, -0.05) is 6.07 Å². The minimum Gasteiger partial charge on any atom is -0.396 e. The summed E-state index contributed by atoms with van der Waals surface area (Å²) in [5.41, 5.74) is 8.66. The molecular formula is C12H12IN3. The summed E-state index contributed by atoms with van der Waals surface area (Å²) >= 11 is 2.27. The number of rotatable bonds is 2. The number of nitrogens with zero attached hydrogens (tertiary/aromatic N) is 1. The number of pyridine rings is 1. The Balaban J connectivity index is 2.31. The van der Waals surface area contributed by atoms with Crippen LogP contribution in [0.15, 0.2) is 36.5 Å². The molecule has 0 radical (unpaired) electrons. The fourth-order valence-corrected chi connectivity index (χ4v) is 1.92. The minimum atomic E-state index is 0.696. The van der Waals surface area contributed by atoms with Crippen LogP contribution in [-0.2, 0) is 0 Å². The Morgan fingerprint density at radius 2 is 2.12 bits per heavy atom. The average Bonchev–Trinajstić information content (AvgIpc) is 2.25. The van der Waals surface area contributed by atoms with Crippen molar-refractivity contribution in [3.63, 3.8) is 0 Å². The third-order valence-corrected chi connectivity index (χ3v) is 2.97. The first-order valence-electron chi connectivity index (χ1n) is 4.90. The number of anilines is 3. The standard InChI is InChI=1S/C12H12IN3/c1-8-5-6-15-12(11(8)14)16-10-4-2-3-9(13)7-10/h2-7H,14H2,1H3,(H,15,16). The number of hydrogen-bond donors (Lipinski definition) is 2. The second kappa shape index (κ2) is 4.69. The second-order valence-corrected chi connectivity index (χ2v) is 4.77. The van der Waals surface area contributed by atoms with Crippen LogP contribution in [-0.4, -0.2) is 4.98 Å². The van der Waals surface area contributed by atoms with Gasteiger partial charge in [-0.2, -0.15) is 0 Å². The van der Waals surface area contributed by atoms with Crippen LogP contribution in [0.1, 0.15) is 5.56 Å². The first-order valence-corrected chi connectivity index (χ1v) is 5.98. The van der Waals surface area contributed by atoms with Crippen LogP contribution in [0.2, 0.25) is 0 Å². The zero-order valence-electron chi connectivity index (χ0n) is 8.87. The molecule has 0 spiro atoms. The molecule has 0 amide bonds. The smallest absolute Gasteiger partial charge is 0.153 e. The zero-order chi connectivity index (χ0) is 11.5. The van der Waals surface area contributed by atoms with Gasteiger partial charge >= 0.3 is 0 Å². The molecule has 1 aromatic heterocycles. The Labute approximate surface area is 108 Å². The van der Waals surface area contributed by atoms with Gasteiger partial charge in [0.05, 0.1) is 5.69 Å². The molecule has 3 nitrogen and oxygen atoms in total. The lowest BCUT2D eigenvalue weighted by Gasteiger charge is -2.09. The molecule has 2 rings (SSSR count). The fourth-order valence-electron chi connectivity index (χ4n) is 1.37. The van der Waals surface area contributed by atoms with E-state index in [1.165, 1.54) is 3.57 Å². The van der Waals surface area contributed by atoms with E-state index in [9.17, 15) is 0 Å². The van der Waals surface area contributed by atoms with Crippen LogP contribution in [0.4, 0.5) is 17.2 Å². The molecule has 0 aliphatic carbocycles. The molecule has 0 bridgehead atoms. The van der Waals surface area contributed by atoms with Gasteiger partial charge in [0.25, 0.3) is 0 Å². The van der Waals surface area contributed by atoms with Gasteiger partial charge in [0.1, 0.15) is 0 Å². The molecule has 82 valence electrons. The van der Waals surface area contributed by atoms with Crippen LogP contribution < -0.4 is 11.1 Å². The van der Waals surface area contributed by atoms with Gasteiger partial charge in [-0.15, -0.1) is 0 Å². The second-order valence-electron chi connectivity index (χ2n) is 3.53. The summed E-state index contributed by atoms with van der Waals surface area (Å²) in [6.45, 7) is 1.97. The number of nitrogens with two attached hydrogens (primary N) is 1. The maximum Gasteiger partial charge on any atom is 0.153 e. The van der Waals surface area contributed by atoms with Crippen molar-refractivity contribution >= 4 is 39.8 Å². The van der Waals surface area contributed by atoms with E-state index in [0.29, 0.717) is 11.5 Å². The number of halogens is 1. The number of aromatic nitrogens is 1. The largest absolute Gasteiger partial charge is 0.396 e. The summed E-state index contributed by atoms with van der Waals surface area (Å²) in [5.74, 6) is 0.710. The van der Waals surface area contributed by atoms with Crippen molar-refractivity contribution in [2.75, 3.05) is 11.1 Å². The molecular weight excluding hydrogens is 313 g/mol. The molecule has 16 heavy (non-hydrogen) atoms. The predicted molar refractivity (Wildman–Crippen MR) is 75.8 cm³/mol. The summed E-state index contributed by atoms with van der Waals surface area (Å²) in [4.78, 5) is 4.23. The van der Waals surface area contributed by atoms with E-state index in [0.717, 1.165) is 11.3 Å². The van der Waals surface area contributed by atoms with E-state index in [4.69, 9.17) is 5.73 Å². The van der Waals surface area contributed by atoms with E-state index < -0.39 is 0 Å². The lowest BCUT2D eigenvalue weighted by atomic mass is 10.2. The van der Waals surface area contributed by atoms with E-state index in [1.54, 1.807) is 6.20 Å². The van der Waals surface area contributed by atoms with E-state index in [1.807, 2.05) is 37.3 Å². The molecule has 1 heterocycles. The molecule has 4 heteroatoms. The molecule has 0 fully saturated rings. The maximum atomic E-state index is 5.94. The molecule has 2 aromatic rings. The van der Waals surface area contributed by atoms with Gasteiger partial charge in [0, 0.05) is 15.5 Å². The quantitative estimate of drug-likeness (QED) is 0.833. The summed E-state index contributed by atoms with van der Waals surface area (Å²) in [6, 6.07) is 9.97. The minimum absolute atomic E-state index is 0.696. The van der Waals surface area contributed by atoms with Crippen molar-refractivity contribution in [1.29, 1.82) is 0 Å². The van der Waals surface area contributed by atoms with Gasteiger partial charge in [0.2, 0.25) is 0 Å². The van der Waals surface area contributed by atoms with Crippen molar-refractivity contribution < 1.29 is 0 Å². The van der Waals surface area contributed by atoms with E-state index in [2.05, 4.69) is 32.9 Å². The van der Waals surface area contributed by atoms with Crippen molar-refractivity contribution in [2.24, 2.45) is 0 Å².